The number of hydrogen-bond acceptors (Lipinski definition) is 5. The summed E-state index contributed by atoms with van der Waals surface area (Å²) in [4.78, 5) is 17.4. The predicted molar refractivity (Wildman–Crippen MR) is 140 cm³/mol. The SMILES string of the molecule is O=C(NC(=S)Nc1c(Br)cc(Br)cc1-c1nc2ccccc2s1)c1cc2ccccc2o1. The quantitative estimate of drug-likeness (QED) is 0.216. The normalized spacial score (nSPS) is 11.1. The molecule has 0 atom stereocenters. The first-order valence-corrected chi connectivity index (χ1v) is 12.2. The lowest BCUT2D eigenvalue weighted by Gasteiger charge is -2.14. The molecule has 5 nitrogen and oxygen atoms in total. The molecule has 0 aliphatic rings. The minimum absolute atomic E-state index is 0.154. The van der Waals surface area contributed by atoms with E-state index in [1.54, 1.807) is 17.4 Å². The van der Waals surface area contributed by atoms with E-state index in [9.17, 15) is 4.79 Å². The van der Waals surface area contributed by atoms with E-state index in [2.05, 4.69) is 42.5 Å². The summed E-state index contributed by atoms with van der Waals surface area (Å²) in [5.41, 5.74) is 3.13. The Labute approximate surface area is 209 Å². The number of fused-ring (bicyclic) bond motifs is 2. The number of amides is 1. The van der Waals surface area contributed by atoms with Gasteiger partial charge in [-0.3, -0.25) is 10.1 Å². The van der Waals surface area contributed by atoms with Crippen molar-refractivity contribution in [2.75, 3.05) is 5.32 Å². The van der Waals surface area contributed by atoms with Crippen LogP contribution in [-0.2, 0) is 0 Å². The maximum atomic E-state index is 12.7. The molecule has 0 aliphatic carbocycles. The first-order chi connectivity index (χ1) is 15.5. The molecule has 0 fully saturated rings. The number of nitrogens with one attached hydrogen (secondary N) is 2. The maximum absolute atomic E-state index is 12.7. The molecule has 0 radical (unpaired) electrons. The monoisotopic (exact) mass is 585 g/mol. The number of hydrogen-bond donors (Lipinski definition) is 2. The van der Waals surface area contributed by atoms with E-state index in [4.69, 9.17) is 21.6 Å². The van der Waals surface area contributed by atoms with Gasteiger partial charge >= 0.3 is 0 Å². The van der Waals surface area contributed by atoms with E-state index in [0.29, 0.717) is 11.3 Å². The molecular weight excluding hydrogens is 574 g/mol. The van der Waals surface area contributed by atoms with Crippen molar-refractivity contribution in [3.8, 4) is 10.6 Å². The Kier molecular flexibility index (Phi) is 5.81. The molecule has 0 unspecified atom stereocenters. The number of furan rings is 1. The highest BCUT2D eigenvalue weighted by molar-refractivity contribution is 9.11. The molecule has 32 heavy (non-hydrogen) atoms. The summed E-state index contributed by atoms with van der Waals surface area (Å²) in [6.45, 7) is 0. The zero-order valence-electron chi connectivity index (χ0n) is 16.2. The zero-order valence-corrected chi connectivity index (χ0v) is 21.0. The van der Waals surface area contributed by atoms with Crippen LogP contribution in [0.15, 0.2) is 80.1 Å². The van der Waals surface area contributed by atoms with Crippen molar-refractivity contribution in [3.63, 3.8) is 0 Å². The number of para-hydroxylation sites is 2. The van der Waals surface area contributed by atoms with Crippen molar-refractivity contribution in [2.24, 2.45) is 0 Å². The lowest BCUT2D eigenvalue weighted by molar-refractivity contribution is 0.0953. The Morgan fingerprint density at radius 3 is 2.62 bits per heavy atom. The van der Waals surface area contributed by atoms with Gasteiger partial charge in [-0.05, 0) is 64.5 Å². The number of thiocarbonyl (C=S) groups is 1. The Hall–Kier alpha value is -2.59. The number of thiazole rings is 1. The van der Waals surface area contributed by atoms with Crippen molar-refractivity contribution in [1.29, 1.82) is 0 Å². The van der Waals surface area contributed by atoms with Crippen LogP contribution in [0.5, 0.6) is 0 Å². The van der Waals surface area contributed by atoms with Gasteiger partial charge in [0.15, 0.2) is 10.9 Å². The van der Waals surface area contributed by atoms with Gasteiger partial charge in [0.2, 0.25) is 0 Å². The van der Waals surface area contributed by atoms with Crippen LogP contribution >= 0.6 is 55.4 Å². The fourth-order valence-corrected chi connectivity index (χ4v) is 5.77. The van der Waals surface area contributed by atoms with Gasteiger partial charge in [0, 0.05) is 19.9 Å². The number of anilines is 1. The molecule has 2 aromatic heterocycles. The zero-order chi connectivity index (χ0) is 22.2. The molecule has 5 aromatic rings. The average molecular weight is 587 g/mol. The van der Waals surface area contributed by atoms with Crippen molar-refractivity contribution < 1.29 is 9.21 Å². The summed E-state index contributed by atoms with van der Waals surface area (Å²) in [7, 11) is 0. The van der Waals surface area contributed by atoms with Crippen LogP contribution in [0, 0.1) is 0 Å². The topological polar surface area (TPSA) is 67.2 Å². The summed E-state index contributed by atoms with van der Waals surface area (Å²) in [5, 5.41) is 7.67. The first kappa shape index (κ1) is 21.3. The second-order valence-electron chi connectivity index (χ2n) is 6.85. The van der Waals surface area contributed by atoms with Crippen molar-refractivity contribution in [1.82, 2.24) is 10.3 Å². The highest BCUT2D eigenvalue weighted by Gasteiger charge is 2.18. The van der Waals surface area contributed by atoms with Gasteiger partial charge < -0.3 is 9.73 Å². The summed E-state index contributed by atoms with van der Waals surface area (Å²) in [6.07, 6.45) is 0. The van der Waals surface area contributed by atoms with E-state index >= 15 is 0 Å². The van der Waals surface area contributed by atoms with Crippen LogP contribution in [0.25, 0.3) is 31.8 Å². The molecule has 9 heteroatoms. The van der Waals surface area contributed by atoms with Gasteiger partial charge in [-0.25, -0.2) is 4.98 Å². The molecule has 3 aromatic carbocycles. The Morgan fingerprint density at radius 1 is 1.03 bits per heavy atom. The van der Waals surface area contributed by atoms with E-state index in [-0.39, 0.29) is 10.9 Å². The Balaban J connectivity index is 1.43. The van der Waals surface area contributed by atoms with Crippen molar-refractivity contribution in [3.05, 3.63) is 81.4 Å². The van der Waals surface area contributed by atoms with Crippen LogP contribution in [0.2, 0.25) is 0 Å². The standard InChI is InChI=1S/C23H13Br2N3O2S2/c24-13-10-14(22-26-16-6-2-4-8-19(16)32-22)20(15(25)11-13)27-23(31)28-21(29)18-9-12-5-1-3-7-17(12)30-18/h1-11H,(H2,27,28,29,31). The fraction of sp³-hybridized carbons (Fsp3) is 0. The largest absolute Gasteiger partial charge is 0.451 e. The third-order valence-electron chi connectivity index (χ3n) is 4.69. The van der Waals surface area contributed by atoms with Crippen LogP contribution in [0.4, 0.5) is 5.69 Å². The molecule has 158 valence electrons. The van der Waals surface area contributed by atoms with Crippen LogP contribution < -0.4 is 10.6 Å². The highest BCUT2D eigenvalue weighted by Crippen LogP contribution is 2.40. The molecule has 0 saturated heterocycles. The third-order valence-corrected chi connectivity index (χ3v) is 7.05. The van der Waals surface area contributed by atoms with Crippen LogP contribution in [0.3, 0.4) is 0 Å². The Morgan fingerprint density at radius 2 is 1.81 bits per heavy atom. The van der Waals surface area contributed by atoms with E-state index in [1.807, 2.05) is 60.7 Å². The van der Waals surface area contributed by atoms with Gasteiger partial charge in [-0.15, -0.1) is 11.3 Å². The van der Waals surface area contributed by atoms with Gasteiger partial charge in [0.25, 0.3) is 5.91 Å². The third kappa shape index (κ3) is 4.21. The number of nitrogens with zero attached hydrogens (tertiary/aromatic N) is 1. The van der Waals surface area contributed by atoms with Gasteiger partial charge in [0.05, 0.1) is 15.9 Å². The molecule has 1 amide bonds. The summed E-state index contributed by atoms with van der Waals surface area (Å²) in [6, 6.07) is 21.0. The molecule has 5 rings (SSSR count). The van der Waals surface area contributed by atoms with Gasteiger partial charge in [-0.1, -0.05) is 46.3 Å². The lowest BCUT2D eigenvalue weighted by atomic mass is 10.2. The lowest BCUT2D eigenvalue weighted by Crippen LogP contribution is -2.34. The first-order valence-electron chi connectivity index (χ1n) is 9.44. The molecular formula is C23H13Br2N3O2S2. The molecule has 0 aliphatic heterocycles. The van der Waals surface area contributed by atoms with Crippen molar-refractivity contribution >= 4 is 93.3 Å². The van der Waals surface area contributed by atoms with Crippen LogP contribution in [0.1, 0.15) is 10.6 Å². The van der Waals surface area contributed by atoms with Crippen LogP contribution in [-0.4, -0.2) is 16.0 Å². The second kappa shape index (κ2) is 8.74. The van der Waals surface area contributed by atoms with E-state index in [0.717, 1.165) is 35.1 Å². The number of carbonyl (C=O) groups excluding carboxylic acids is 1. The molecule has 2 heterocycles. The van der Waals surface area contributed by atoms with Crippen molar-refractivity contribution in [2.45, 2.75) is 0 Å². The van der Waals surface area contributed by atoms with E-state index in [1.165, 1.54) is 0 Å². The highest BCUT2D eigenvalue weighted by atomic mass is 79.9. The number of halogens is 2. The molecule has 0 spiro atoms. The minimum atomic E-state index is -0.423. The summed E-state index contributed by atoms with van der Waals surface area (Å²) < 4.78 is 8.38. The fourth-order valence-electron chi connectivity index (χ4n) is 3.26. The van der Waals surface area contributed by atoms with Gasteiger partial charge in [-0.2, -0.15) is 0 Å². The summed E-state index contributed by atoms with van der Waals surface area (Å²) in [5.74, 6) is -0.231. The smallest absolute Gasteiger partial charge is 0.293 e. The summed E-state index contributed by atoms with van der Waals surface area (Å²) >= 11 is 14.2. The molecule has 0 saturated carbocycles. The maximum Gasteiger partial charge on any atom is 0.293 e. The second-order valence-corrected chi connectivity index (χ2v) is 10.1. The number of rotatable bonds is 3. The minimum Gasteiger partial charge on any atom is -0.451 e. The number of carbonyl (C=O) groups is 1. The van der Waals surface area contributed by atoms with Gasteiger partial charge in [0.1, 0.15) is 10.6 Å². The number of aromatic nitrogens is 1. The molecule has 2 N–H and O–H groups in total. The predicted octanol–water partition coefficient (Wildman–Crippen LogP) is 7.36. The molecule has 0 bridgehead atoms. The number of benzene rings is 3. The average Bonchev–Trinajstić information content (AvgIpc) is 3.39. The Bertz CT molecular complexity index is 1440. The van der Waals surface area contributed by atoms with E-state index < -0.39 is 5.91 Å².